The van der Waals surface area contributed by atoms with Crippen LogP contribution in [-0.2, 0) is 4.74 Å². The number of carbonyl (C=O) groups is 2. The van der Waals surface area contributed by atoms with Crippen molar-refractivity contribution in [3.05, 3.63) is 90.5 Å². The third kappa shape index (κ3) is 4.79. The van der Waals surface area contributed by atoms with Crippen LogP contribution in [0.4, 0.5) is 14.9 Å². The fourth-order valence-corrected chi connectivity index (χ4v) is 3.88. The fourth-order valence-electron chi connectivity index (χ4n) is 3.01. The van der Waals surface area contributed by atoms with E-state index in [1.165, 1.54) is 18.4 Å². The zero-order valence-electron chi connectivity index (χ0n) is 16.7. The quantitative estimate of drug-likeness (QED) is 0.413. The van der Waals surface area contributed by atoms with Crippen LogP contribution in [0.25, 0.3) is 22.4 Å². The molecule has 4 aromatic rings. The Morgan fingerprint density at radius 2 is 1.35 bits per heavy atom. The Morgan fingerprint density at radius 3 is 1.97 bits per heavy atom. The lowest BCUT2D eigenvalue weighted by molar-refractivity contribution is 0.102. The molecule has 3 aromatic carbocycles. The maximum absolute atomic E-state index is 12.9. The van der Waals surface area contributed by atoms with Gasteiger partial charge in [0.05, 0.1) is 7.11 Å². The van der Waals surface area contributed by atoms with Gasteiger partial charge in [-0.2, -0.15) is 0 Å². The number of ether oxygens (including phenoxy) is 1. The molecule has 0 fully saturated rings. The molecule has 6 nitrogen and oxygen atoms in total. The highest BCUT2D eigenvalue weighted by molar-refractivity contribution is 7.20. The molecule has 31 heavy (non-hydrogen) atoms. The topological polar surface area (TPSA) is 80.3 Å². The van der Waals surface area contributed by atoms with Gasteiger partial charge in [0.15, 0.2) is 5.13 Å². The van der Waals surface area contributed by atoms with E-state index in [1.54, 1.807) is 12.1 Å². The van der Waals surface area contributed by atoms with E-state index in [1.807, 2.05) is 72.8 Å². The van der Waals surface area contributed by atoms with Crippen molar-refractivity contribution in [1.82, 2.24) is 4.98 Å². The highest BCUT2D eigenvalue weighted by atomic mass is 32.1. The highest BCUT2D eigenvalue weighted by Gasteiger charge is 2.18. The second-order valence-corrected chi connectivity index (χ2v) is 7.58. The number of hydrogen-bond donors (Lipinski definition) is 2. The van der Waals surface area contributed by atoms with Gasteiger partial charge in [-0.1, -0.05) is 84.1 Å². The SMILES string of the molecule is COC(=O)Nc1nc(-c2ccccc2)c(NC(=O)c2ccc(-c3ccccc3)cc2)s1. The number of anilines is 2. The van der Waals surface area contributed by atoms with Crippen molar-refractivity contribution in [2.75, 3.05) is 17.7 Å². The number of nitrogens with zero attached hydrogens (tertiary/aromatic N) is 1. The number of hydrogen-bond acceptors (Lipinski definition) is 5. The standard InChI is InChI=1S/C24H19N3O3S/c1-30-24(29)27-23-25-20(18-10-6-3-7-11-18)22(31-23)26-21(28)19-14-12-17(13-15-19)16-8-4-2-5-9-16/h2-15H,1H3,(H,26,28)(H,25,27,29). The number of methoxy groups -OCH3 is 1. The summed E-state index contributed by atoms with van der Waals surface area (Å²) in [5.74, 6) is -0.259. The second-order valence-electron chi connectivity index (χ2n) is 6.58. The average molecular weight is 430 g/mol. The van der Waals surface area contributed by atoms with Crippen LogP contribution in [0.3, 0.4) is 0 Å². The van der Waals surface area contributed by atoms with Gasteiger partial charge in [-0.3, -0.25) is 10.1 Å². The molecule has 7 heteroatoms. The van der Waals surface area contributed by atoms with Crippen LogP contribution in [0, 0.1) is 0 Å². The van der Waals surface area contributed by atoms with Gasteiger partial charge in [0, 0.05) is 11.1 Å². The minimum atomic E-state index is -0.622. The number of amides is 2. The largest absolute Gasteiger partial charge is 0.453 e. The van der Waals surface area contributed by atoms with Crippen LogP contribution in [0.2, 0.25) is 0 Å². The van der Waals surface area contributed by atoms with E-state index in [0.29, 0.717) is 21.4 Å². The molecule has 0 bridgehead atoms. The van der Waals surface area contributed by atoms with Crippen molar-refractivity contribution in [1.29, 1.82) is 0 Å². The smallest absolute Gasteiger partial charge is 0.413 e. The van der Waals surface area contributed by atoms with Crippen LogP contribution in [0.5, 0.6) is 0 Å². The fraction of sp³-hybridized carbons (Fsp3) is 0.0417. The Morgan fingerprint density at radius 1 is 0.774 bits per heavy atom. The van der Waals surface area contributed by atoms with Gasteiger partial charge in [-0.15, -0.1) is 0 Å². The van der Waals surface area contributed by atoms with Crippen LogP contribution in [0.15, 0.2) is 84.9 Å². The van der Waals surface area contributed by atoms with E-state index >= 15 is 0 Å². The zero-order chi connectivity index (χ0) is 21.6. The molecule has 0 aliphatic heterocycles. The molecule has 1 heterocycles. The molecule has 0 atom stereocenters. The summed E-state index contributed by atoms with van der Waals surface area (Å²) in [6.07, 6.45) is -0.622. The highest BCUT2D eigenvalue weighted by Crippen LogP contribution is 2.36. The number of carbonyl (C=O) groups excluding carboxylic acids is 2. The summed E-state index contributed by atoms with van der Waals surface area (Å²) in [5.41, 5.74) is 4.04. The summed E-state index contributed by atoms with van der Waals surface area (Å²) in [7, 11) is 1.28. The minimum absolute atomic E-state index is 0.259. The predicted molar refractivity (Wildman–Crippen MR) is 123 cm³/mol. The maximum atomic E-state index is 12.9. The Hall–Kier alpha value is -3.97. The van der Waals surface area contributed by atoms with Crippen molar-refractivity contribution in [2.45, 2.75) is 0 Å². The van der Waals surface area contributed by atoms with Crippen LogP contribution in [-0.4, -0.2) is 24.1 Å². The Balaban J connectivity index is 1.59. The Labute approximate surface area is 183 Å². The molecule has 0 unspecified atom stereocenters. The molecule has 1 aromatic heterocycles. The van der Waals surface area contributed by atoms with Gasteiger partial charge in [0.1, 0.15) is 10.7 Å². The lowest BCUT2D eigenvalue weighted by atomic mass is 10.0. The summed E-state index contributed by atoms with van der Waals surface area (Å²) in [6.45, 7) is 0. The van der Waals surface area contributed by atoms with E-state index in [4.69, 9.17) is 0 Å². The van der Waals surface area contributed by atoms with Crippen LogP contribution >= 0.6 is 11.3 Å². The molecule has 4 rings (SSSR count). The van der Waals surface area contributed by atoms with Gasteiger partial charge in [-0.25, -0.2) is 9.78 Å². The zero-order valence-corrected chi connectivity index (χ0v) is 17.5. The lowest BCUT2D eigenvalue weighted by Crippen LogP contribution is -2.11. The van der Waals surface area contributed by atoms with E-state index in [0.717, 1.165) is 16.7 Å². The summed E-state index contributed by atoms with van der Waals surface area (Å²) < 4.78 is 4.64. The summed E-state index contributed by atoms with van der Waals surface area (Å²) in [5, 5.41) is 6.35. The summed E-state index contributed by atoms with van der Waals surface area (Å²) in [6, 6.07) is 26.8. The first-order valence-electron chi connectivity index (χ1n) is 9.52. The molecule has 0 spiro atoms. The number of aromatic nitrogens is 1. The molecule has 2 amide bonds. The molecule has 0 saturated carbocycles. The molecular formula is C24H19N3O3S. The minimum Gasteiger partial charge on any atom is -0.453 e. The molecule has 0 aliphatic carbocycles. The van der Waals surface area contributed by atoms with Gasteiger partial charge in [0.25, 0.3) is 5.91 Å². The Bertz CT molecular complexity index is 1190. The van der Waals surface area contributed by atoms with Crippen molar-refractivity contribution in [3.63, 3.8) is 0 Å². The molecule has 2 N–H and O–H groups in total. The molecular weight excluding hydrogens is 410 g/mol. The average Bonchev–Trinajstić information content (AvgIpc) is 3.22. The van der Waals surface area contributed by atoms with Crippen LogP contribution in [0.1, 0.15) is 10.4 Å². The summed E-state index contributed by atoms with van der Waals surface area (Å²) >= 11 is 1.17. The first-order valence-corrected chi connectivity index (χ1v) is 10.3. The van der Waals surface area contributed by atoms with Crippen LogP contribution < -0.4 is 10.6 Å². The third-order valence-electron chi connectivity index (χ3n) is 4.55. The third-order valence-corrected chi connectivity index (χ3v) is 5.44. The Kier molecular flexibility index (Phi) is 6.05. The normalized spacial score (nSPS) is 10.4. The van der Waals surface area contributed by atoms with E-state index in [2.05, 4.69) is 20.4 Å². The van der Waals surface area contributed by atoms with Crippen molar-refractivity contribution < 1.29 is 14.3 Å². The van der Waals surface area contributed by atoms with Crippen molar-refractivity contribution >= 4 is 33.5 Å². The van der Waals surface area contributed by atoms with Gasteiger partial charge in [-0.05, 0) is 23.3 Å². The predicted octanol–water partition coefficient (Wildman–Crippen LogP) is 5.91. The van der Waals surface area contributed by atoms with E-state index in [-0.39, 0.29) is 5.91 Å². The molecule has 0 aliphatic rings. The number of nitrogens with one attached hydrogen (secondary N) is 2. The number of rotatable bonds is 5. The molecule has 154 valence electrons. The van der Waals surface area contributed by atoms with Crippen molar-refractivity contribution in [3.8, 4) is 22.4 Å². The van der Waals surface area contributed by atoms with E-state index in [9.17, 15) is 9.59 Å². The maximum Gasteiger partial charge on any atom is 0.413 e. The van der Waals surface area contributed by atoms with Gasteiger partial charge < -0.3 is 10.1 Å². The molecule has 0 saturated heterocycles. The second kappa shape index (κ2) is 9.23. The monoisotopic (exact) mass is 429 g/mol. The number of thiazole rings is 1. The first kappa shape index (κ1) is 20.3. The first-order chi connectivity index (χ1) is 15.1. The van der Waals surface area contributed by atoms with E-state index < -0.39 is 6.09 Å². The van der Waals surface area contributed by atoms with Gasteiger partial charge in [0.2, 0.25) is 0 Å². The van der Waals surface area contributed by atoms with Crippen molar-refractivity contribution in [2.24, 2.45) is 0 Å². The van der Waals surface area contributed by atoms with Gasteiger partial charge >= 0.3 is 6.09 Å². The summed E-state index contributed by atoms with van der Waals surface area (Å²) in [4.78, 5) is 28.9. The molecule has 0 radical (unpaired) electrons. The number of benzene rings is 3. The lowest BCUT2D eigenvalue weighted by Gasteiger charge is -2.07.